The van der Waals surface area contributed by atoms with Crippen molar-refractivity contribution < 1.29 is 4.74 Å². The molecule has 1 heterocycles. The molecule has 1 atom stereocenters. The van der Waals surface area contributed by atoms with Crippen molar-refractivity contribution in [1.82, 2.24) is 10.2 Å². The average molecular weight is 280 g/mol. The molecule has 3 heteroatoms. The second-order valence-electron chi connectivity index (χ2n) is 6.11. The maximum Gasteiger partial charge on any atom is 0.111 e. The lowest BCUT2D eigenvalue weighted by atomic mass is 9.84. The van der Waals surface area contributed by atoms with Crippen LogP contribution < -0.4 is 5.32 Å². The van der Waals surface area contributed by atoms with E-state index in [-0.39, 0.29) is 5.54 Å². The molecule has 0 aromatic heterocycles. The number of rotatable bonds is 8. The highest BCUT2D eigenvalue weighted by Gasteiger charge is 2.47. The van der Waals surface area contributed by atoms with Crippen molar-refractivity contribution in [3.63, 3.8) is 0 Å². The quantitative estimate of drug-likeness (QED) is 0.738. The van der Waals surface area contributed by atoms with Gasteiger partial charge in [-0.1, -0.05) is 33.6 Å². The molecule has 0 radical (unpaired) electrons. The highest BCUT2D eigenvalue weighted by atomic mass is 16.5. The van der Waals surface area contributed by atoms with E-state index in [1.54, 1.807) is 0 Å². The highest BCUT2D eigenvalue weighted by molar-refractivity contribution is 5.18. The Morgan fingerprint density at radius 1 is 1.25 bits per heavy atom. The fraction of sp³-hybridized carbons (Fsp3) is 0.882. The van der Waals surface area contributed by atoms with Crippen molar-refractivity contribution in [2.75, 3.05) is 26.2 Å². The smallest absolute Gasteiger partial charge is 0.111 e. The fourth-order valence-electron chi connectivity index (χ4n) is 4.11. The molecule has 1 fully saturated rings. The first kappa shape index (κ1) is 15.8. The van der Waals surface area contributed by atoms with Gasteiger partial charge in [0.2, 0.25) is 0 Å². The Kier molecular flexibility index (Phi) is 5.91. The van der Waals surface area contributed by atoms with Crippen molar-refractivity contribution >= 4 is 0 Å². The summed E-state index contributed by atoms with van der Waals surface area (Å²) in [4.78, 5) is 2.68. The summed E-state index contributed by atoms with van der Waals surface area (Å²) >= 11 is 0. The molecule has 0 saturated heterocycles. The Bertz CT molecular complexity index is 317. The molecule has 3 nitrogen and oxygen atoms in total. The van der Waals surface area contributed by atoms with Crippen LogP contribution in [0.25, 0.3) is 0 Å². The molecule has 1 aliphatic heterocycles. The van der Waals surface area contributed by atoms with Gasteiger partial charge in [-0.05, 0) is 45.0 Å². The Balaban J connectivity index is 2.25. The van der Waals surface area contributed by atoms with Crippen LogP contribution in [-0.4, -0.2) is 42.7 Å². The van der Waals surface area contributed by atoms with Gasteiger partial charge in [-0.2, -0.15) is 0 Å². The van der Waals surface area contributed by atoms with Crippen LogP contribution >= 0.6 is 0 Å². The van der Waals surface area contributed by atoms with Gasteiger partial charge >= 0.3 is 0 Å². The molecule has 1 aliphatic carbocycles. The second-order valence-corrected chi connectivity index (χ2v) is 6.11. The minimum absolute atomic E-state index is 0.273. The zero-order valence-electron chi connectivity index (χ0n) is 13.6. The minimum atomic E-state index is 0.273. The number of nitrogens with zero attached hydrogens (tertiary/aromatic N) is 1. The van der Waals surface area contributed by atoms with Gasteiger partial charge in [-0.15, -0.1) is 0 Å². The summed E-state index contributed by atoms with van der Waals surface area (Å²) in [6.07, 6.45) is 9.89. The molecule has 0 bridgehead atoms. The Morgan fingerprint density at radius 2 is 1.95 bits per heavy atom. The van der Waals surface area contributed by atoms with E-state index in [0.717, 1.165) is 32.7 Å². The van der Waals surface area contributed by atoms with E-state index < -0.39 is 0 Å². The van der Waals surface area contributed by atoms with E-state index in [1.807, 2.05) is 0 Å². The van der Waals surface area contributed by atoms with Crippen LogP contribution in [0.2, 0.25) is 0 Å². The molecule has 0 aromatic carbocycles. The van der Waals surface area contributed by atoms with E-state index in [4.69, 9.17) is 4.74 Å². The van der Waals surface area contributed by atoms with Crippen molar-refractivity contribution in [2.24, 2.45) is 0 Å². The van der Waals surface area contributed by atoms with Crippen LogP contribution in [0.3, 0.4) is 0 Å². The molecule has 20 heavy (non-hydrogen) atoms. The number of nitrogens with one attached hydrogen (secondary N) is 1. The van der Waals surface area contributed by atoms with Crippen molar-refractivity contribution in [1.29, 1.82) is 0 Å². The van der Waals surface area contributed by atoms with Gasteiger partial charge in [0.05, 0.1) is 12.6 Å². The summed E-state index contributed by atoms with van der Waals surface area (Å²) in [5.74, 6) is 1.22. The zero-order chi connectivity index (χ0) is 14.4. The lowest BCUT2D eigenvalue weighted by Gasteiger charge is -2.46. The van der Waals surface area contributed by atoms with Crippen LogP contribution in [0.1, 0.15) is 59.3 Å². The monoisotopic (exact) mass is 280 g/mol. The van der Waals surface area contributed by atoms with Gasteiger partial charge in [-0.25, -0.2) is 0 Å². The number of likely N-dealkylation sites (N-methyl/N-ethyl adjacent to an activating group) is 1. The lowest BCUT2D eigenvalue weighted by Crippen LogP contribution is -2.60. The molecule has 0 amide bonds. The summed E-state index contributed by atoms with van der Waals surface area (Å²) in [7, 11) is 0. The summed E-state index contributed by atoms with van der Waals surface area (Å²) in [5.41, 5.74) is 0.273. The predicted molar refractivity (Wildman–Crippen MR) is 84.9 cm³/mol. The van der Waals surface area contributed by atoms with Gasteiger partial charge in [0.1, 0.15) is 5.76 Å². The molecular weight excluding hydrogens is 248 g/mol. The Hall–Kier alpha value is -0.540. The third kappa shape index (κ3) is 3.04. The van der Waals surface area contributed by atoms with Gasteiger partial charge in [-0.3, -0.25) is 4.90 Å². The van der Waals surface area contributed by atoms with E-state index in [0.29, 0.717) is 6.04 Å². The van der Waals surface area contributed by atoms with E-state index in [1.165, 1.54) is 37.9 Å². The minimum Gasteiger partial charge on any atom is -0.496 e. The lowest BCUT2D eigenvalue weighted by molar-refractivity contribution is 0.0521. The van der Waals surface area contributed by atoms with Gasteiger partial charge in [0.25, 0.3) is 0 Å². The molecular formula is C17H32N2O. The third-order valence-corrected chi connectivity index (χ3v) is 5.02. The summed E-state index contributed by atoms with van der Waals surface area (Å²) in [6.45, 7) is 11.0. The molecule has 0 aromatic rings. The van der Waals surface area contributed by atoms with E-state index in [9.17, 15) is 0 Å². The fourth-order valence-corrected chi connectivity index (χ4v) is 4.11. The van der Waals surface area contributed by atoms with E-state index >= 15 is 0 Å². The molecule has 2 rings (SSSR count). The normalized spacial score (nSPS) is 22.9. The maximum atomic E-state index is 5.96. The summed E-state index contributed by atoms with van der Waals surface area (Å²) < 4.78 is 5.96. The molecule has 116 valence electrons. The Morgan fingerprint density at radius 3 is 2.45 bits per heavy atom. The molecule has 1 saturated carbocycles. The molecule has 2 aliphatic rings. The van der Waals surface area contributed by atoms with Crippen molar-refractivity contribution in [3.05, 3.63) is 11.8 Å². The van der Waals surface area contributed by atoms with Crippen LogP contribution in [-0.2, 0) is 4.74 Å². The van der Waals surface area contributed by atoms with Crippen LogP contribution in [0.5, 0.6) is 0 Å². The topological polar surface area (TPSA) is 24.5 Å². The first-order chi connectivity index (χ1) is 9.78. The van der Waals surface area contributed by atoms with Crippen LogP contribution in [0, 0.1) is 0 Å². The maximum absolute atomic E-state index is 5.96. The van der Waals surface area contributed by atoms with Gasteiger partial charge < -0.3 is 10.1 Å². The third-order valence-electron chi connectivity index (χ3n) is 5.02. The van der Waals surface area contributed by atoms with Gasteiger partial charge in [0.15, 0.2) is 0 Å². The predicted octanol–water partition coefficient (Wildman–Crippen LogP) is 3.31. The van der Waals surface area contributed by atoms with Crippen molar-refractivity contribution in [3.8, 4) is 0 Å². The molecule has 1 unspecified atom stereocenters. The van der Waals surface area contributed by atoms with E-state index in [2.05, 4.69) is 37.1 Å². The van der Waals surface area contributed by atoms with Crippen LogP contribution in [0.4, 0.5) is 0 Å². The molecule has 1 N–H and O–H groups in total. The number of hydrogen-bond acceptors (Lipinski definition) is 3. The number of ether oxygens (including phenoxy) is 1. The first-order valence-electron chi connectivity index (χ1n) is 8.59. The summed E-state index contributed by atoms with van der Waals surface area (Å²) in [5, 5.41) is 3.81. The largest absolute Gasteiger partial charge is 0.496 e. The standard InChI is InChI=1S/C17H32N2O/c1-4-13-18-16(15-10-9-14-20-15)17(11-7-8-12-17)19(5-2)6-3/h10,16,18H,4-9,11-14H2,1-3H3. The zero-order valence-corrected chi connectivity index (χ0v) is 13.6. The summed E-state index contributed by atoms with van der Waals surface area (Å²) in [6, 6.07) is 0.382. The first-order valence-corrected chi connectivity index (χ1v) is 8.59. The van der Waals surface area contributed by atoms with Gasteiger partial charge in [0, 0.05) is 12.0 Å². The molecule has 0 spiro atoms. The number of hydrogen-bond donors (Lipinski definition) is 1. The van der Waals surface area contributed by atoms with Crippen molar-refractivity contribution in [2.45, 2.75) is 70.9 Å². The van der Waals surface area contributed by atoms with Crippen LogP contribution in [0.15, 0.2) is 11.8 Å². The second kappa shape index (κ2) is 7.46. The Labute approximate surface area is 124 Å². The SMILES string of the molecule is CCCNC(C1=CCCO1)C1(N(CC)CC)CCCC1. The average Bonchev–Trinajstić information content (AvgIpc) is 3.13. The highest BCUT2D eigenvalue weighted by Crippen LogP contribution is 2.41.